The molecule has 3 nitrogen and oxygen atoms in total. The molecule has 0 aromatic carbocycles. The third-order valence-electron chi connectivity index (χ3n) is 3.12. The predicted octanol–water partition coefficient (Wildman–Crippen LogP) is 2.62. The Morgan fingerprint density at radius 3 is 3.19 bits per heavy atom. The van der Waals surface area contributed by atoms with E-state index in [0.29, 0.717) is 6.04 Å². The average molecular weight is 280 g/mol. The summed E-state index contributed by atoms with van der Waals surface area (Å²) < 4.78 is 1.03. The second kappa shape index (κ2) is 4.18. The van der Waals surface area contributed by atoms with Gasteiger partial charge < -0.3 is 10.3 Å². The highest BCUT2D eigenvalue weighted by Gasteiger charge is 2.15. The molecule has 0 saturated carbocycles. The van der Waals surface area contributed by atoms with Crippen LogP contribution in [0.1, 0.15) is 18.5 Å². The smallest absolute Gasteiger partial charge is 0.137 e. The lowest BCUT2D eigenvalue weighted by Gasteiger charge is -2.07. The molecule has 2 N–H and O–H groups in total. The van der Waals surface area contributed by atoms with Gasteiger partial charge in [-0.15, -0.1) is 0 Å². The summed E-state index contributed by atoms with van der Waals surface area (Å²) in [5.74, 6) is 0. The van der Waals surface area contributed by atoms with Crippen molar-refractivity contribution in [3.8, 4) is 0 Å². The van der Waals surface area contributed by atoms with E-state index >= 15 is 0 Å². The molecule has 1 saturated heterocycles. The molecule has 0 aliphatic carbocycles. The van der Waals surface area contributed by atoms with Gasteiger partial charge >= 0.3 is 0 Å². The van der Waals surface area contributed by atoms with Gasteiger partial charge in [0.05, 0.1) is 0 Å². The van der Waals surface area contributed by atoms with Crippen LogP contribution in [0.2, 0.25) is 0 Å². The Hall–Kier alpha value is -0.870. The Morgan fingerprint density at radius 1 is 1.44 bits per heavy atom. The maximum Gasteiger partial charge on any atom is 0.137 e. The van der Waals surface area contributed by atoms with Crippen LogP contribution in [0.4, 0.5) is 0 Å². The standard InChI is InChI=1S/C12H14BrN3/c13-9-4-8-5-11(16-12(8)15-7-9)6-10-2-1-3-14-10/h4-5,7,10,14H,1-3,6H2,(H,15,16)/t10-/m1/s1. The third kappa shape index (κ3) is 1.99. The first kappa shape index (κ1) is 10.3. The predicted molar refractivity (Wildman–Crippen MR) is 68.5 cm³/mol. The molecule has 0 spiro atoms. The summed E-state index contributed by atoms with van der Waals surface area (Å²) in [7, 11) is 0. The van der Waals surface area contributed by atoms with Gasteiger partial charge in [0.25, 0.3) is 0 Å². The molecule has 0 amide bonds. The Labute approximate surface area is 103 Å². The number of hydrogen-bond donors (Lipinski definition) is 2. The maximum atomic E-state index is 4.35. The number of aromatic amines is 1. The van der Waals surface area contributed by atoms with Gasteiger partial charge in [-0.1, -0.05) is 0 Å². The van der Waals surface area contributed by atoms with Gasteiger partial charge in [0.1, 0.15) is 5.65 Å². The number of halogens is 1. The number of aromatic nitrogens is 2. The van der Waals surface area contributed by atoms with Crippen LogP contribution >= 0.6 is 15.9 Å². The average Bonchev–Trinajstić information content (AvgIpc) is 2.86. The molecular formula is C12H14BrN3. The van der Waals surface area contributed by atoms with Crippen LogP contribution in [0.3, 0.4) is 0 Å². The lowest BCUT2D eigenvalue weighted by molar-refractivity contribution is 0.597. The van der Waals surface area contributed by atoms with Crippen molar-refractivity contribution in [2.75, 3.05) is 6.54 Å². The van der Waals surface area contributed by atoms with Gasteiger partial charge in [-0.2, -0.15) is 0 Å². The molecule has 1 aliphatic rings. The topological polar surface area (TPSA) is 40.7 Å². The zero-order valence-electron chi connectivity index (χ0n) is 8.96. The van der Waals surface area contributed by atoms with Crippen molar-refractivity contribution < 1.29 is 0 Å². The van der Waals surface area contributed by atoms with E-state index in [1.165, 1.54) is 23.9 Å². The second-order valence-corrected chi connectivity index (χ2v) is 5.30. The molecule has 0 radical (unpaired) electrons. The summed E-state index contributed by atoms with van der Waals surface area (Å²) in [5.41, 5.74) is 2.26. The van der Waals surface area contributed by atoms with E-state index in [0.717, 1.165) is 23.1 Å². The van der Waals surface area contributed by atoms with E-state index in [9.17, 15) is 0 Å². The van der Waals surface area contributed by atoms with Gasteiger partial charge in [0.2, 0.25) is 0 Å². The van der Waals surface area contributed by atoms with Gasteiger partial charge in [-0.05, 0) is 47.4 Å². The minimum Gasteiger partial charge on any atom is -0.343 e. The van der Waals surface area contributed by atoms with Crippen molar-refractivity contribution in [3.05, 3.63) is 28.5 Å². The molecule has 2 aromatic rings. The van der Waals surface area contributed by atoms with Gasteiger partial charge in [-0.3, -0.25) is 0 Å². The van der Waals surface area contributed by atoms with E-state index < -0.39 is 0 Å². The lowest BCUT2D eigenvalue weighted by Crippen LogP contribution is -2.23. The molecule has 1 fully saturated rings. The molecule has 3 rings (SSSR count). The first-order valence-corrected chi connectivity index (χ1v) is 6.47. The first-order valence-electron chi connectivity index (χ1n) is 5.68. The zero-order valence-corrected chi connectivity index (χ0v) is 10.5. The van der Waals surface area contributed by atoms with E-state index in [1.807, 2.05) is 6.20 Å². The molecule has 0 unspecified atom stereocenters. The van der Waals surface area contributed by atoms with Crippen molar-refractivity contribution in [2.24, 2.45) is 0 Å². The van der Waals surface area contributed by atoms with Gasteiger partial charge in [0, 0.05) is 34.2 Å². The van der Waals surface area contributed by atoms with Crippen molar-refractivity contribution >= 4 is 27.0 Å². The molecule has 1 aliphatic heterocycles. The molecule has 4 heteroatoms. The van der Waals surface area contributed by atoms with E-state index in [4.69, 9.17) is 0 Å². The van der Waals surface area contributed by atoms with Crippen LogP contribution in [0.5, 0.6) is 0 Å². The number of nitrogens with zero attached hydrogens (tertiary/aromatic N) is 1. The van der Waals surface area contributed by atoms with Crippen LogP contribution in [-0.2, 0) is 6.42 Å². The summed E-state index contributed by atoms with van der Waals surface area (Å²) >= 11 is 3.44. The van der Waals surface area contributed by atoms with Crippen molar-refractivity contribution in [2.45, 2.75) is 25.3 Å². The first-order chi connectivity index (χ1) is 7.81. The Kier molecular flexibility index (Phi) is 2.69. The summed E-state index contributed by atoms with van der Waals surface area (Å²) in [4.78, 5) is 7.73. The highest BCUT2D eigenvalue weighted by molar-refractivity contribution is 9.10. The number of rotatable bonds is 2. The minimum absolute atomic E-state index is 0.636. The Morgan fingerprint density at radius 2 is 2.38 bits per heavy atom. The Balaban J connectivity index is 1.86. The fourth-order valence-electron chi connectivity index (χ4n) is 2.35. The van der Waals surface area contributed by atoms with Crippen LogP contribution in [0, 0.1) is 0 Å². The van der Waals surface area contributed by atoms with Crippen LogP contribution < -0.4 is 5.32 Å². The largest absolute Gasteiger partial charge is 0.343 e. The number of H-pyrrole nitrogens is 1. The molecular weight excluding hydrogens is 266 g/mol. The normalized spacial score (nSPS) is 20.7. The number of fused-ring (bicyclic) bond motifs is 1. The number of hydrogen-bond acceptors (Lipinski definition) is 2. The molecule has 0 bridgehead atoms. The molecule has 2 aromatic heterocycles. The second-order valence-electron chi connectivity index (χ2n) is 4.38. The van der Waals surface area contributed by atoms with Crippen molar-refractivity contribution in [1.29, 1.82) is 0 Å². The third-order valence-corrected chi connectivity index (χ3v) is 3.55. The quantitative estimate of drug-likeness (QED) is 0.887. The summed E-state index contributed by atoms with van der Waals surface area (Å²) in [6.07, 6.45) is 5.49. The van der Waals surface area contributed by atoms with Gasteiger partial charge in [-0.25, -0.2) is 4.98 Å². The fourth-order valence-corrected chi connectivity index (χ4v) is 2.70. The summed E-state index contributed by atoms with van der Waals surface area (Å²) in [5, 5.41) is 4.69. The summed E-state index contributed by atoms with van der Waals surface area (Å²) in [6.45, 7) is 1.16. The SMILES string of the molecule is Brc1cnc2[nH]c(C[C@H]3CCCN3)cc2c1. The van der Waals surface area contributed by atoms with Gasteiger partial charge in [0.15, 0.2) is 0 Å². The zero-order chi connectivity index (χ0) is 11.0. The molecule has 84 valence electrons. The minimum atomic E-state index is 0.636. The monoisotopic (exact) mass is 279 g/mol. The van der Waals surface area contributed by atoms with Crippen LogP contribution in [-0.4, -0.2) is 22.6 Å². The van der Waals surface area contributed by atoms with E-state index in [-0.39, 0.29) is 0 Å². The maximum absolute atomic E-state index is 4.35. The van der Waals surface area contributed by atoms with E-state index in [1.54, 1.807) is 0 Å². The lowest BCUT2D eigenvalue weighted by atomic mass is 10.1. The van der Waals surface area contributed by atoms with Crippen molar-refractivity contribution in [1.82, 2.24) is 15.3 Å². The van der Waals surface area contributed by atoms with E-state index in [2.05, 4.69) is 43.3 Å². The van der Waals surface area contributed by atoms with Crippen LogP contribution in [0.25, 0.3) is 11.0 Å². The van der Waals surface area contributed by atoms with Crippen LogP contribution in [0.15, 0.2) is 22.8 Å². The summed E-state index contributed by atoms with van der Waals surface area (Å²) in [6, 6.07) is 4.94. The molecule has 1 atom stereocenters. The highest BCUT2D eigenvalue weighted by Crippen LogP contribution is 2.20. The fraction of sp³-hybridized carbons (Fsp3) is 0.417. The highest BCUT2D eigenvalue weighted by atomic mass is 79.9. The molecule has 16 heavy (non-hydrogen) atoms. The number of pyridine rings is 1. The number of nitrogens with one attached hydrogen (secondary N) is 2. The molecule has 3 heterocycles. The van der Waals surface area contributed by atoms with Crippen molar-refractivity contribution in [3.63, 3.8) is 0 Å². The Bertz CT molecular complexity index is 500.